The van der Waals surface area contributed by atoms with Crippen LogP contribution in [-0.4, -0.2) is 29.8 Å². The molecule has 0 aliphatic heterocycles. The third kappa shape index (κ3) is 3.98. The fourth-order valence-corrected chi connectivity index (χ4v) is 3.83. The molecule has 4 rings (SSSR count). The van der Waals surface area contributed by atoms with Crippen LogP contribution in [0.1, 0.15) is 48.9 Å². The first-order valence-corrected chi connectivity index (χ1v) is 9.73. The highest BCUT2D eigenvalue weighted by atomic mass is 16.5. The van der Waals surface area contributed by atoms with E-state index in [1.807, 2.05) is 0 Å². The molecule has 1 fully saturated rings. The molecule has 1 aromatic heterocycles. The van der Waals surface area contributed by atoms with Crippen molar-refractivity contribution in [3.8, 4) is 6.01 Å². The van der Waals surface area contributed by atoms with Gasteiger partial charge in [0.15, 0.2) is 0 Å². The first-order chi connectivity index (χ1) is 12.8. The molecule has 0 amide bonds. The Morgan fingerprint density at radius 2 is 1.85 bits per heavy atom. The van der Waals surface area contributed by atoms with E-state index in [1.165, 1.54) is 24.0 Å². The standard InChI is InChI=1S/C21H27N3O2/c1-25-14-13-15-9-11-16(12-10-15)22-20-18-7-4-8-19(18)23-21(24-20)26-17-5-2-3-6-17/h9-12,17H,2-8,13-14H2,1H3,(H,22,23,24). The van der Waals surface area contributed by atoms with Gasteiger partial charge in [-0.15, -0.1) is 0 Å². The summed E-state index contributed by atoms with van der Waals surface area (Å²) in [5.41, 5.74) is 4.71. The van der Waals surface area contributed by atoms with Gasteiger partial charge in [0.1, 0.15) is 11.9 Å². The number of anilines is 2. The Balaban J connectivity index is 1.52. The third-order valence-corrected chi connectivity index (χ3v) is 5.30. The number of methoxy groups -OCH3 is 1. The zero-order valence-corrected chi connectivity index (χ0v) is 15.5. The van der Waals surface area contributed by atoms with Gasteiger partial charge in [-0.3, -0.25) is 0 Å². The molecule has 138 valence electrons. The topological polar surface area (TPSA) is 56.3 Å². The maximum Gasteiger partial charge on any atom is 0.318 e. The molecule has 5 heteroatoms. The van der Waals surface area contributed by atoms with Crippen LogP contribution in [0.15, 0.2) is 24.3 Å². The summed E-state index contributed by atoms with van der Waals surface area (Å²) in [4.78, 5) is 9.39. The lowest BCUT2D eigenvalue weighted by atomic mass is 10.1. The Labute approximate surface area is 155 Å². The van der Waals surface area contributed by atoms with E-state index in [2.05, 4.69) is 34.6 Å². The number of aromatic nitrogens is 2. The van der Waals surface area contributed by atoms with E-state index in [0.717, 1.165) is 62.3 Å². The zero-order valence-electron chi connectivity index (χ0n) is 15.5. The Hall–Kier alpha value is -2.14. The van der Waals surface area contributed by atoms with Gasteiger partial charge in [0.2, 0.25) is 0 Å². The van der Waals surface area contributed by atoms with Gasteiger partial charge in [-0.25, -0.2) is 0 Å². The highest BCUT2D eigenvalue weighted by Crippen LogP contribution is 2.31. The third-order valence-electron chi connectivity index (χ3n) is 5.30. The molecule has 1 saturated carbocycles. The Morgan fingerprint density at radius 1 is 1.04 bits per heavy atom. The van der Waals surface area contributed by atoms with E-state index < -0.39 is 0 Å². The maximum atomic E-state index is 6.07. The lowest BCUT2D eigenvalue weighted by Crippen LogP contribution is -2.14. The van der Waals surface area contributed by atoms with Gasteiger partial charge in [0, 0.05) is 18.4 Å². The number of fused-ring (bicyclic) bond motifs is 1. The monoisotopic (exact) mass is 353 g/mol. The van der Waals surface area contributed by atoms with Crippen molar-refractivity contribution in [2.45, 2.75) is 57.5 Å². The summed E-state index contributed by atoms with van der Waals surface area (Å²) in [5, 5.41) is 3.49. The number of rotatable bonds is 7. The highest BCUT2D eigenvalue weighted by molar-refractivity contribution is 5.61. The van der Waals surface area contributed by atoms with Crippen molar-refractivity contribution >= 4 is 11.5 Å². The van der Waals surface area contributed by atoms with Gasteiger partial charge in [-0.1, -0.05) is 12.1 Å². The van der Waals surface area contributed by atoms with Crippen molar-refractivity contribution in [3.05, 3.63) is 41.1 Å². The summed E-state index contributed by atoms with van der Waals surface area (Å²) in [7, 11) is 1.73. The summed E-state index contributed by atoms with van der Waals surface area (Å²) in [5.74, 6) is 0.908. The average molecular weight is 353 g/mol. The van der Waals surface area contributed by atoms with Crippen molar-refractivity contribution < 1.29 is 9.47 Å². The summed E-state index contributed by atoms with van der Waals surface area (Å²) < 4.78 is 11.2. The largest absolute Gasteiger partial charge is 0.460 e. The summed E-state index contributed by atoms with van der Waals surface area (Å²) >= 11 is 0. The van der Waals surface area contributed by atoms with Crippen LogP contribution in [0, 0.1) is 0 Å². The van der Waals surface area contributed by atoms with Crippen molar-refractivity contribution in [1.29, 1.82) is 0 Å². The van der Waals surface area contributed by atoms with Gasteiger partial charge in [0.25, 0.3) is 0 Å². The number of ether oxygens (including phenoxy) is 2. The SMILES string of the molecule is COCCc1ccc(Nc2nc(OC3CCCC3)nc3c2CCC3)cc1. The van der Waals surface area contributed by atoms with Crippen molar-refractivity contribution in [3.63, 3.8) is 0 Å². The molecule has 1 heterocycles. The van der Waals surface area contributed by atoms with Crippen LogP contribution in [0.4, 0.5) is 11.5 Å². The molecule has 2 aromatic rings. The fraction of sp³-hybridized carbons (Fsp3) is 0.524. The molecule has 5 nitrogen and oxygen atoms in total. The number of nitrogens with one attached hydrogen (secondary N) is 1. The molecular formula is C21H27N3O2. The Bertz CT molecular complexity index is 740. The fourth-order valence-electron chi connectivity index (χ4n) is 3.83. The minimum absolute atomic E-state index is 0.280. The van der Waals surface area contributed by atoms with Crippen LogP contribution in [0.5, 0.6) is 6.01 Å². The maximum absolute atomic E-state index is 6.07. The van der Waals surface area contributed by atoms with Crippen molar-refractivity contribution in [1.82, 2.24) is 9.97 Å². The molecule has 0 spiro atoms. The van der Waals surface area contributed by atoms with Gasteiger partial charge in [-0.2, -0.15) is 9.97 Å². The molecule has 0 unspecified atom stereocenters. The molecule has 1 aromatic carbocycles. The minimum atomic E-state index is 0.280. The smallest absolute Gasteiger partial charge is 0.318 e. The van der Waals surface area contributed by atoms with E-state index in [0.29, 0.717) is 6.01 Å². The van der Waals surface area contributed by atoms with Gasteiger partial charge < -0.3 is 14.8 Å². The second-order valence-corrected chi connectivity index (χ2v) is 7.22. The first kappa shape index (κ1) is 17.3. The lowest BCUT2D eigenvalue weighted by Gasteiger charge is -2.15. The first-order valence-electron chi connectivity index (χ1n) is 9.73. The van der Waals surface area contributed by atoms with Crippen LogP contribution in [0.3, 0.4) is 0 Å². The van der Waals surface area contributed by atoms with Crippen LogP contribution < -0.4 is 10.1 Å². The minimum Gasteiger partial charge on any atom is -0.460 e. The predicted molar refractivity (Wildman–Crippen MR) is 102 cm³/mol. The molecule has 0 atom stereocenters. The molecule has 26 heavy (non-hydrogen) atoms. The van der Waals surface area contributed by atoms with Crippen LogP contribution in [0.2, 0.25) is 0 Å². The van der Waals surface area contributed by atoms with Gasteiger partial charge in [-0.05, 0) is 69.1 Å². The molecule has 1 N–H and O–H groups in total. The summed E-state index contributed by atoms with van der Waals surface area (Å²) in [6, 6.07) is 9.02. The van der Waals surface area contributed by atoms with Crippen molar-refractivity contribution in [2.75, 3.05) is 19.0 Å². The average Bonchev–Trinajstić information content (AvgIpc) is 3.33. The van der Waals surface area contributed by atoms with E-state index in [1.54, 1.807) is 7.11 Å². The molecule has 0 bridgehead atoms. The number of hydrogen-bond donors (Lipinski definition) is 1. The van der Waals surface area contributed by atoms with Gasteiger partial charge in [0.05, 0.1) is 12.3 Å². The number of nitrogens with zero attached hydrogens (tertiary/aromatic N) is 2. The van der Waals surface area contributed by atoms with Crippen LogP contribution in [0.25, 0.3) is 0 Å². The molecule has 2 aliphatic carbocycles. The predicted octanol–water partition coefficient (Wildman–Crippen LogP) is 4.22. The Kier molecular flexibility index (Phi) is 5.34. The van der Waals surface area contributed by atoms with Crippen LogP contribution >= 0.6 is 0 Å². The quantitative estimate of drug-likeness (QED) is 0.808. The number of hydrogen-bond acceptors (Lipinski definition) is 5. The van der Waals surface area contributed by atoms with Crippen molar-refractivity contribution in [2.24, 2.45) is 0 Å². The van der Waals surface area contributed by atoms with E-state index in [-0.39, 0.29) is 6.10 Å². The molecule has 0 saturated heterocycles. The second-order valence-electron chi connectivity index (χ2n) is 7.22. The molecule has 2 aliphatic rings. The number of benzene rings is 1. The normalized spacial score (nSPS) is 16.7. The van der Waals surface area contributed by atoms with E-state index in [9.17, 15) is 0 Å². The molecular weight excluding hydrogens is 326 g/mol. The van der Waals surface area contributed by atoms with E-state index in [4.69, 9.17) is 14.5 Å². The van der Waals surface area contributed by atoms with Crippen LogP contribution in [-0.2, 0) is 24.0 Å². The summed E-state index contributed by atoms with van der Waals surface area (Å²) in [6.07, 6.45) is 9.13. The highest BCUT2D eigenvalue weighted by Gasteiger charge is 2.23. The second kappa shape index (κ2) is 8.04. The lowest BCUT2D eigenvalue weighted by molar-refractivity contribution is 0.192. The Morgan fingerprint density at radius 3 is 2.62 bits per heavy atom. The molecule has 0 radical (unpaired) electrons. The number of aryl methyl sites for hydroxylation is 1. The van der Waals surface area contributed by atoms with Gasteiger partial charge >= 0.3 is 6.01 Å². The summed E-state index contributed by atoms with van der Waals surface area (Å²) in [6.45, 7) is 0.744. The zero-order chi connectivity index (χ0) is 17.8. The van der Waals surface area contributed by atoms with E-state index >= 15 is 0 Å².